The zero-order valence-corrected chi connectivity index (χ0v) is 16.7. The molecule has 150 valence electrons. The fourth-order valence-electron chi connectivity index (χ4n) is 4.87. The Bertz CT molecular complexity index is 1060. The maximum absolute atomic E-state index is 12.6. The van der Waals surface area contributed by atoms with E-state index in [1.807, 2.05) is 4.57 Å². The Labute approximate surface area is 164 Å². The second kappa shape index (κ2) is 6.52. The van der Waals surface area contributed by atoms with Gasteiger partial charge in [0.15, 0.2) is 0 Å². The molecule has 2 aliphatic carbocycles. The highest BCUT2D eigenvalue weighted by Gasteiger charge is 2.46. The molecule has 2 aromatic rings. The average Bonchev–Trinajstić information content (AvgIpc) is 3.27. The van der Waals surface area contributed by atoms with E-state index in [1.165, 1.54) is 17.0 Å². The van der Waals surface area contributed by atoms with Gasteiger partial charge in [-0.05, 0) is 50.0 Å². The van der Waals surface area contributed by atoms with Crippen molar-refractivity contribution in [3.05, 3.63) is 28.7 Å². The fraction of sp³-hybridized carbons (Fsp3) is 0.632. The van der Waals surface area contributed by atoms with Crippen molar-refractivity contribution in [2.45, 2.75) is 44.2 Å². The molecular formula is C19H25N5O3S. The number of hydrogen-bond acceptors (Lipinski definition) is 6. The van der Waals surface area contributed by atoms with Crippen molar-refractivity contribution in [3.63, 3.8) is 0 Å². The Morgan fingerprint density at radius 2 is 1.82 bits per heavy atom. The quantitative estimate of drug-likeness (QED) is 0.833. The number of fused-ring (bicyclic) bond motifs is 2. The highest BCUT2D eigenvalue weighted by Crippen LogP contribution is 2.55. The summed E-state index contributed by atoms with van der Waals surface area (Å²) in [7, 11) is -3.14. The summed E-state index contributed by atoms with van der Waals surface area (Å²) in [6, 6.07) is 3.76. The van der Waals surface area contributed by atoms with Gasteiger partial charge in [0.2, 0.25) is 16.0 Å². The van der Waals surface area contributed by atoms with Crippen LogP contribution in [0.3, 0.4) is 0 Å². The number of nitrogens with zero attached hydrogens (tertiary/aromatic N) is 4. The second-order valence-corrected chi connectivity index (χ2v) is 10.5. The first-order valence-electron chi connectivity index (χ1n) is 9.98. The summed E-state index contributed by atoms with van der Waals surface area (Å²) in [5.41, 5.74) is 0.704. The lowest BCUT2D eigenvalue weighted by atomic mass is 10.1. The van der Waals surface area contributed by atoms with Crippen LogP contribution in [0.25, 0.3) is 11.0 Å². The largest absolute Gasteiger partial charge is 0.351 e. The Hall–Kier alpha value is -2.00. The third-order valence-corrected chi connectivity index (χ3v) is 7.81. The monoisotopic (exact) mass is 403 g/mol. The molecule has 5 rings (SSSR count). The smallest absolute Gasteiger partial charge is 0.252 e. The van der Waals surface area contributed by atoms with E-state index in [1.54, 1.807) is 18.3 Å². The predicted molar refractivity (Wildman–Crippen MR) is 107 cm³/mol. The summed E-state index contributed by atoms with van der Waals surface area (Å²) < 4.78 is 26.7. The number of rotatable bonds is 4. The molecule has 0 spiro atoms. The SMILES string of the molecule is CS(=O)(=O)N1CCC(Nc2ncc3ccc(=O)n([C@H]4C[C@H]5C[C@H]5C4)c3n2)CC1. The first-order chi connectivity index (χ1) is 13.4. The van der Waals surface area contributed by atoms with Crippen molar-refractivity contribution in [3.8, 4) is 0 Å². The van der Waals surface area contributed by atoms with Gasteiger partial charge in [-0.3, -0.25) is 9.36 Å². The molecule has 8 nitrogen and oxygen atoms in total. The Morgan fingerprint density at radius 3 is 2.50 bits per heavy atom. The molecule has 1 saturated heterocycles. The summed E-state index contributed by atoms with van der Waals surface area (Å²) in [6.45, 7) is 0.999. The van der Waals surface area contributed by atoms with Gasteiger partial charge >= 0.3 is 0 Å². The zero-order chi connectivity index (χ0) is 19.5. The molecule has 2 saturated carbocycles. The minimum atomic E-state index is -3.14. The number of anilines is 1. The van der Waals surface area contributed by atoms with Gasteiger partial charge in [0, 0.05) is 42.8 Å². The van der Waals surface area contributed by atoms with E-state index in [4.69, 9.17) is 4.98 Å². The highest BCUT2D eigenvalue weighted by atomic mass is 32.2. The lowest BCUT2D eigenvalue weighted by molar-refractivity contribution is 0.331. The molecule has 2 aromatic heterocycles. The van der Waals surface area contributed by atoms with E-state index in [0.717, 1.165) is 30.1 Å². The molecule has 0 amide bonds. The molecule has 0 aromatic carbocycles. The van der Waals surface area contributed by atoms with E-state index >= 15 is 0 Å². The molecule has 3 heterocycles. The second-order valence-electron chi connectivity index (χ2n) is 8.48. The van der Waals surface area contributed by atoms with Crippen LogP contribution in [0.1, 0.15) is 38.1 Å². The van der Waals surface area contributed by atoms with Crippen molar-refractivity contribution >= 4 is 27.0 Å². The Balaban J connectivity index is 1.38. The Kier molecular flexibility index (Phi) is 4.20. The molecule has 9 heteroatoms. The maximum Gasteiger partial charge on any atom is 0.252 e. The van der Waals surface area contributed by atoms with E-state index in [9.17, 15) is 13.2 Å². The van der Waals surface area contributed by atoms with Gasteiger partial charge in [-0.1, -0.05) is 0 Å². The van der Waals surface area contributed by atoms with E-state index in [-0.39, 0.29) is 17.6 Å². The summed E-state index contributed by atoms with van der Waals surface area (Å²) in [5.74, 6) is 2.08. The molecule has 1 N–H and O–H groups in total. The minimum Gasteiger partial charge on any atom is -0.351 e. The molecular weight excluding hydrogens is 378 g/mol. The van der Waals surface area contributed by atoms with Crippen molar-refractivity contribution in [1.82, 2.24) is 18.8 Å². The molecule has 3 aliphatic rings. The summed E-state index contributed by atoms with van der Waals surface area (Å²) in [5, 5.41) is 4.21. The van der Waals surface area contributed by atoms with E-state index in [2.05, 4.69) is 10.3 Å². The maximum atomic E-state index is 12.6. The van der Waals surface area contributed by atoms with Crippen LogP contribution in [0.2, 0.25) is 0 Å². The standard InChI is InChI=1S/C19H25N5O3S/c1-28(26,27)23-6-4-15(5-7-23)21-19-20-11-12-2-3-17(25)24(18(12)22-19)16-9-13-8-14(13)10-16/h2-3,11,13-16H,4-10H2,1H3,(H,20,21,22)/t13-,14+,16+. The van der Waals surface area contributed by atoms with Gasteiger partial charge in [-0.15, -0.1) is 0 Å². The van der Waals surface area contributed by atoms with Crippen LogP contribution < -0.4 is 10.9 Å². The first-order valence-corrected chi connectivity index (χ1v) is 11.8. The topological polar surface area (TPSA) is 97.2 Å². The lowest BCUT2D eigenvalue weighted by Crippen LogP contribution is -2.42. The molecule has 0 radical (unpaired) electrons. The number of pyridine rings is 1. The molecule has 0 unspecified atom stereocenters. The van der Waals surface area contributed by atoms with Crippen LogP contribution in [-0.4, -0.2) is 52.6 Å². The number of aromatic nitrogens is 3. The van der Waals surface area contributed by atoms with Gasteiger partial charge in [0.25, 0.3) is 5.56 Å². The summed E-state index contributed by atoms with van der Waals surface area (Å²) >= 11 is 0. The van der Waals surface area contributed by atoms with Crippen LogP contribution in [0.4, 0.5) is 5.95 Å². The summed E-state index contributed by atoms with van der Waals surface area (Å²) in [6.07, 6.45) is 7.89. The van der Waals surface area contributed by atoms with E-state index in [0.29, 0.717) is 37.5 Å². The fourth-order valence-corrected chi connectivity index (χ4v) is 5.74. The molecule has 3 atom stereocenters. The van der Waals surface area contributed by atoms with Gasteiger partial charge in [0.1, 0.15) is 5.65 Å². The Morgan fingerprint density at radius 1 is 1.11 bits per heavy atom. The number of hydrogen-bond donors (Lipinski definition) is 1. The molecule has 1 aliphatic heterocycles. The van der Waals surface area contributed by atoms with Gasteiger partial charge in [0.05, 0.1) is 6.26 Å². The van der Waals surface area contributed by atoms with Gasteiger partial charge < -0.3 is 5.32 Å². The van der Waals surface area contributed by atoms with Crippen molar-refractivity contribution in [2.75, 3.05) is 24.7 Å². The van der Waals surface area contributed by atoms with Crippen LogP contribution in [0, 0.1) is 11.8 Å². The molecule has 0 bridgehead atoms. The van der Waals surface area contributed by atoms with Crippen molar-refractivity contribution in [2.24, 2.45) is 11.8 Å². The third-order valence-electron chi connectivity index (χ3n) is 6.51. The van der Waals surface area contributed by atoms with Crippen LogP contribution in [0.15, 0.2) is 23.1 Å². The van der Waals surface area contributed by atoms with Gasteiger partial charge in [-0.2, -0.15) is 4.98 Å². The zero-order valence-electron chi connectivity index (χ0n) is 15.9. The van der Waals surface area contributed by atoms with Crippen molar-refractivity contribution in [1.29, 1.82) is 0 Å². The average molecular weight is 404 g/mol. The minimum absolute atomic E-state index is 0.00455. The van der Waals surface area contributed by atoms with Gasteiger partial charge in [-0.25, -0.2) is 17.7 Å². The third kappa shape index (κ3) is 3.30. The number of piperidine rings is 1. The summed E-state index contributed by atoms with van der Waals surface area (Å²) in [4.78, 5) is 21.7. The predicted octanol–water partition coefficient (Wildman–Crippen LogP) is 1.60. The van der Waals surface area contributed by atoms with Crippen LogP contribution in [-0.2, 0) is 10.0 Å². The number of sulfonamides is 1. The lowest BCUT2D eigenvalue weighted by Gasteiger charge is -2.30. The molecule has 28 heavy (non-hydrogen) atoms. The van der Waals surface area contributed by atoms with E-state index < -0.39 is 10.0 Å². The molecule has 3 fully saturated rings. The number of nitrogens with one attached hydrogen (secondary N) is 1. The van der Waals surface area contributed by atoms with Crippen LogP contribution >= 0.6 is 0 Å². The first kappa shape index (κ1) is 18.1. The van der Waals surface area contributed by atoms with Crippen molar-refractivity contribution < 1.29 is 8.42 Å². The van der Waals surface area contributed by atoms with Crippen LogP contribution in [0.5, 0.6) is 0 Å². The highest BCUT2D eigenvalue weighted by molar-refractivity contribution is 7.88. The normalized spacial score (nSPS) is 28.4.